The molecule has 5 nitrogen and oxygen atoms in total. The van der Waals surface area contributed by atoms with Crippen LogP contribution in [-0.4, -0.2) is 24.2 Å². The third kappa shape index (κ3) is 3.67. The molecule has 0 unspecified atom stereocenters. The van der Waals surface area contributed by atoms with Gasteiger partial charge in [-0.3, -0.25) is 4.79 Å². The smallest absolute Gasteiger partial charge is 0.354 e. The van der Waals surface area contributed by atoms with Gasteiger partial charge in [0.2, 0.25) is 5.91 Å². The van der Waals surface area contributed by atoms with Crippen LogP contribution in [0.2, 0.25) is 0 Å². The zero-order chi connectivity index (χ0) is 12.8. The zero-order valence-electron chi connectivity index (χ0n) is 9.97. The van der Waals surface area contributed by atoms with Crippen molar-refractivity contribution in [3.05, 3.63) is 17.5 Å². The van der Waals surface area contributed by atoms with Gasteiger partial charge in [-0.25, -0.2) is 4.79 Å². The van der Waals surface area contributed by atoms with Crippen molar-refractivity contribution in [1.29, 1.82) is 0 Å². The van der Waals surface area contributed by atoms with Gasteiger partial charge in [0, 0.05) is 6.92 Å². The van der Waals surface area contributed by atoms with E-state index in [1.165, 1.54) is 30.2 Å². The Morgan fingerprint density at radius 2 is 2.18 bits per heavy atom. The maximum atomic E-state index is 11.4. The van der Waals surface area contributed by atoms with Gasteiger partial charge >= 0.3 is 5.97 Å². The molecule has 0 spiro atoms. The van der Waals surface area contributed by atoms with Crippen LogP contribution in [0.15, 0.2) is 22.6 Å². The molecule has 0 saturated heterocycles. The van der Waals surface area contributed by atoms with Crippen LogP contribution in [0, 0.1) is 0 Å². The highest BCUT2D eigenvalue weighted by molar-refractivity contribution is 7.14. The standard InChI is InChI=1S/C11H14N2O3S/c1-4-16-11(15)8(2)12-13(9(3)14)10-6-5-7-17-10/h5-7H,4H2,1-3H3/b12-8-. The minimum absolute atomic E-state index is 0.149. The van der Waals surface area contributed by atoms with Crippen LogP contribution in [0.3, 0.4) is 0 Å². The summed E-state index contributed by atoms with van der Waals surface area (Å²) in [6.45, 7) is 4.90. The number of ether oxygens (including phenoxy) is 1. The van der Waals surface area contributed by atoms with E-state index in [1.54, 1.807) is 13.0 Å². The van der Waals surface area contributed by atoms with Crippen molar-refractivity contribution in [2.24, 2.45) is 5.10 Å². The molecule has 0 aliphatic rings. The fourth-order valence-electron chi connectivity index (χ4n) is 1.09. The molecule has 0 aliphatic heterocycles. The molecule has 0 aromatic carbocycles. The van der Waals surface area contributed by atoms with E-state index in [0.717, 1.165) is 0 Å². The van der Waals surface area contributed by atoms with Crippen LogP contribution in [0.5, 0.6) is 0 Å². The van der Waals surface area contributed by atoms with Gasteiger partial charge in [0.1, 0.15) is 10.7 Å². The lowest BCUT2D eigenvalue weighted by atomic mass is 10.4. The predicted molar refractivity (Wildman–Crippen MR) is 67.2 cm³/mol. The Balaban J connectivity index is 2.91. The van der Waals surface area contributed by atoms with Gasteiger partial charge in [-0.2, -0.15) is 10.1 Å². The Labute approximate surface area is 104 Å². The zero-order valence-corrected chi connectivity index (χ0v) is 10.8. The van der Waals surface area contributed by atoms with E-state index in [4.69, 9.17) is 4.74 Å². The Hall–Kier alpha value is -1.69. The van der Waals surface area contributed by atoms with Gasteiger partial charge in [-0.1, -0.05) is 0 Å². The monoisotopic (exact) mass is 254 g/mol. The normalized spacial score (nSPS) is 11.1. The second-order valence-corrected chi connectivity index (χ2v) is 4.11. The average Bonchev–Trinajstić information content (AvgIpc) is 2.78. The summed E-state index contributed by atoms with van der Waals surface area (Å²) in [4.78, 5) is 22.8. The first kappa shape index (κ1) is 13.4. The van der Waals surface area contributed by atoms with Crippen LogP contribution in [0.1, 0.15) is 20.8 Å². The van der Waals surface area contributed by atoms with Crippen molar-refractivity contribution in [2.75, 3.05) is 11.6 Å². The molecule has 1 aromatic heterocycles. The van der Waals surface area contributed by atoms with Gasteiger partial charge in [-0.15, -0.1) is 11.3 Å². The fraction of sp³-hybridized carbons (Fsp3) is 0.364. The van der Waals surface area contributed by atoms with Gasteiger partial charge in [0.25, 0.3) is 0 Å². The van der Waals surface area contributed by atoms with E-state index in [2.05, 4.69) is 5.10 Å². The minimum atomic E-state index is -0.518. The molecule has 0 N–H and O–H groups in total. The maximum Gasteiger partial charge on any atom is 0.354 e. The lowest BCUT2D eigenvalue weighted by molar-refractivity contribution is -0.135. The summed E-state index contributed by atoms with van der Waals surface area (Å²) in [5.41, 5.74) is 0.149. The quantitative estimate of drug-likeness (QED) is 0.469. The SMILES string of the molecule is CCOC(=O)/C(C)=N\N(C(C)=O)c1cccs1. The third-order valence-electron chi connectivity index (χ3n) is 1.83. The minimum Gasteiger partial charge on any atom is -0.461 e. The van der Waals surface area contributed by atoms with E-state index < -0.39 is 5.97 Å². The molecule has 1 heterocycles. The van der Waals surface area contributed by atoms with Crippen LogP contribution >= 0.6 is 11.3 Å². The van der Waals surface area contributed by atoms with Crippen LogP contribution < -0.4 is 5.01 Å². The summed E-state index contributed by atoms with van der Waals surface area (Å²) in [5.74, 6) is -0.772. The summed E-state index contributed by atoms with van der Waals surface area (Å²) in [6, 6.07) is 3.57. The van der Waals surface area contributed by atoms with E-state index in [-0.39, 0.29) is 18.2 Å². The van der Waals surface area contributed by atoms with Crippen LogP contribution in [0.25, 0.3) is 0 Å². The summed E-state index contributed by atoms with van der Waals surface area (Å²) in [5, 5.41) is 7.67. The average molecular weight is 254 g/mol. The third-order valence-corrected chi connectivity index (χ3v) is 2.68. The molecular weight excluding hydrogens is 240 g/mol. The molecule has 0 aliphatic carbocycles. The highest BCUT2D eigenvalue weighted by atomic mass is 32.1. The summed E-state index contributed by atoms with van der Waals surface area (Å²) in [7, 11) is 0. The number of rotatable bonds is 4. The number of nitrogens with zero attached hydrogens (tertiary/aromatic N) is 2. The number of amides is 1. The summed E-state index contributed by atoms with van der Waals surface area (Å²) < 4.78 is 4.80. The second-order valence-electron chi connectivity index (χ2n) is 3.19. The molecule has 0 radical (unpaired) electrons. The van der Waals surface area contributed by atoms with E-state index in [9.17, 15) is 9.59 Å². The molecule has 6 heteroatoms. The fourth-order valence-corrected chi connectivity index (χ4v) is 1.81. The number of carbonyl (C=O) groups is 2. The Morgan fingerprint density at radius 1 is 1.47 bits per heavy atom. The van der Waals surface area contributed by atoms with Crippen molar-refractivity contribution in [3.8, 4) is 0 Å². The van der Waals surface area contributed by atoms with Gasteiger partial charge in [-0.05, 0) is 31.4 Å². The number of hydrogen-bond acceptors (Lipinski definition) is 5. The number of carbonyl (C=O) groups excluding carboxylic acids is 2. The van der Waals surface area contributed by atoms with Crippen molar-refractivity contribution in [1.82, 2.24) is 0 Å². The highest BCUT2D eigenvalue weighted by Gasteiger charge is 2.15. The van der Waals surface area contributed by atoms with Gasteiger partial charge < -0.3 is 4.74 Å². The predicted octanol–water partition coefficient (Wildman–Crippen LogP) is 2.04. The van der Waals surface area contributed by atoms with Crippen molar-refractivity contribution >= 4 is 33.9 Å². The lowest BCUT2D eigenvalue weighted by Gasteiger charge is -2.13. The summed E-state index contributed by atoms with van der Waals surface area (Å²) >= 11 is 1.37. The Bertz CT molecular complexity index is 426. The lowest BCUT2D eigenvalue weighted by Crippen LogP contribution is -2.26. The van der Waals surface area contributed by atoms with E-state index in [0.29, 0.717) is 5.00 Å². The first-order valence-electron chi connectivity index (χ1n) is 5.12. The first-order valence-corrected chi connectivity index (χ1v) is 6.00. The Morgan fingerprint density at radius 3 is 2.65 bits per heavy atom. The molecule has 92 valence electrons. The molecule has 1 aromatic rings. The summed E-state index contributed by atoms with van der Waals surface area (Å²) in [6.07, 6.45) is 0. The number of hydrazone groups is 1. The van der Waals surface area contributed by atoms with Crippen LogP contribution in [0.4, 0.5) is 5.00 Å². The maximum absolute atomic E-state index is 11.4. The molecule has 0 saturated carbocycles. The molecule has 0 atom stereocenters. The Kier molecular flexibility index (Phi) is 4.84. The molecule has 0 fully saturated rings. The van der Waals surface area contributed by atoms with Crippen molar-refractivity contribution < 1.29 is 14.3 Å². The number of anilines is 1. The van der Waals surface area contributed by atoms with Crippen molar-refractivity contribution in [3.63, 3.8) is 0 Å². The molecule has 1 rings (SSSR count). The van der Waals surface area contributed by atoms with Crippen LogP contribution in [-0.2, 0) is 14.3 Å². The van der Waals surface area contributed by atoms with Crippen molar-refractivity contribution in [2.45, 2.75) is 20.8 Å². The topological polar surface area (TPSA) is 59.0 Å². The largest absolute Gasteiger partial charge is 0.461 e. The molecule has 17 heavy (non-hydrogen) atoms. The van der Waals surface area contributed by atoms with Gasteiger partial charge in [0.05, 0.1) is 6.61 Å². The number of esters is 1. The van der Waals surface area contributed by atoms with E-state index in [1.807, 2.05) is 11.4 Å². The van der Waals surface area contributed by atoms with E-state index >= 15 is 0 Å². The second kappa shape index (κ2) is 6.15. The molecule has 0 bridgehead atoms. The first-order chi connectivity index (χ1) is 8.06. The molecular formula is C11H14N2O3S. The molecule has 1 amide bonds. The number of thiophene rings is 1. The highest BCUT2D eigenvalue weighted by Crippen LogP contribution is 2.21. The van der Waals surface area contributed by atoms with Gasteiger partial charge in [0.15, 0.2) is 0 Å². The number of hydrogen-bond donors (Lipinski definition) is 0.